The van der Waals surface area contributed by atoms with Gasteiger partial charge >= 0.3 is 0 Å². The second kappa shape index (κ2) is 7.44. The van der Waals surface area contributed by atoms with Gasteiger partial charge in [0.2, 0.25) is 5.91 Å². The topological polar surface area (TPSA) is 108 Å². The Morgan fingerprint density at radius 1 is 1.41 bits per heavy atom. The van der Waals surface area contributed by atoms with E-state index in [2.05, 4.69) is 48.1 Å². The van der Waals surface area contributed by atoms with Crippen LogP contribution in [0.25, 0.3) is 22.2 Å². The highest BCUT2D eigenvalue weighted by Crippen LogP contribution is 2.52. The number of aryl methyl sites for hydroxylation is 1. The van der Waals surface area contributed by atoms with Gasteiger partial charge in [-0.1, -0.05) is 25.1 Å². The molecule has 2 saturated heterocycles. The maximum absolute atomic E-state index is 12.5. The minimum absolute atomic E-state index is 0.00548. The maximum Gasteiger partial charge on any atom is 0.239 e. The molecule has 4 heterocycles. The van der Waals surface area contributed by atoms with E-state index >= 15 is 0 Å². The van der Waals surface area contributed by atoms with Crippen molar-refractivity contribution in [1.29, 1.82) is 5.26 Å². The molecule has 0 saturated carbocycles. The molecule has 32 heavy (non-hydrogen) atoms. The molecule has 3 aromatic rings. The van der Waals surface area contributed by atoms with Crippen LogP contribution >= 0.6 is 0 Å². The molecule has 164 valence electrons. The number of nitriles is 1. The Bertz CT molecular complexity index is 1250. The number of nitrogens with zero attached hydrogens (tertiary/aromatic N) is 3. The van der Waals surface area contributed by atoms with E-state index in [0.29, 0.717) is 30.9 Å². The number of amides is 1. The van der Waals surface area contributed by atoms with Crippen LogP contribution in [0, 0.1) is 30.1 Å². The van der Waals surface area contributed by atoms with Crippen molar-refractivity contribution in [2.45, 2.75) is 32.4 Å². The standard InChI is InChI=1S/C25H27N5O2/c1-14-8-17(20-6-7-28-23-22(20)18(9-26)10-29-23)4-5-21(14)25-15(2)11-30(24(31)16(3)27)12-19(25)13-32-25/h4-8,10,15-16,19H,11-13,27H2,1-3H3,(H,28,29)/t15-,16-,19-,25-/m1/s1. The zero-order chi connectivity index (χ0) is 22.6. The van der Waals surface area contributed by atoms with Crippen LogP contribution in [-0.4, -0.2) is 46.5 Å². The normalized spacial score (nSPS) is 25.7. The van der Waals surface area contributed by atoms with E-state index in [4.69, 9.17) is 10.5 Å². The van der Waals surface area contributed by atoms with E-state index in [1.54, 1.807) is 19.3 Å². The van der Waals surface area contributed by atoms with Crippen LogP contribution in [0.5, 0.6) is 0 Å². The summed E-state index contributed by atoms with van der Waals surface area (Å²) < 4.78 is 6.30. The second-order valence-electron chi connectivity index (χ2n) is 9.16. The van der Waals surface area contributed by atoms with Crippen LogP contribution in [0.2, 0.25) is 0 Å². The summed E-state index contributed by atoms with van der Waals surface area (Å²) in [5.74, 6) is 0.414. The van der Waals surface area contributed by atoms with Gasteiger partial charge in [-0.2, -0.15) is 5.26 Å². The monoisotopic (exact) mass is 429 g/mol. The van der Waals surface area contributed by atoms with Crippen molar-refractivity contribution in [3.63, 3.8) is 0 Å². The molecule has 0 spiro atoms. The number of piperidine rings is 1. The number of carbonyl (C=O) groups excluding carboxylic acids is 1. The molecule has 1 aromatic carbocycles. The van der Waals surface area contributed by atoms with Crippen LogP contribution in [0.1, 0.15) is 30.5 Å². The number of rotatable bonds is 3. The van der Waals surface area contributed by atoms with Crippen molar-refractivity contribution in [3.05, 3.63) is 53.3 Å². The van der Waals surface area contributed by atoms with Crippen molar-refractivity contribution in [1.82, 2.24) is 14.9 Å². The Labute approximate surface area is 187 Å². The van der Waals surface area contributed by atoms with Crippen molar-refractivity contribution in [3.8, 4) is 17.2 Å². The molecule has 1 amide bonds. The smallest absolute Gasteiger partial charge is 0.239 e. The Balaban J connectivity index is 1.52. The summed E-state index contributed by atoms with van der Waals surface area (Å²) in [7, 11) is 0. The van der Waals surface area contributed by atoms with Crippen LogP contribution in [0.4, 0.5) is 0 Å². The summed E-state index contributed by atoms with van der Waals surface area (Å²) in [4.78, 5) is 21.8. The molecule has 2 aliphatic heterocycles. The molecule has 4 atom stereocenters. The van der Waals surface area contributed by atoms with Gasteiger partial charge in [0.05, 0.1) is 18.2 Å². The van der Waals surface area contributed by atoms with Gasteiger partial charge in [-0.3, -0.25) is 4.79 Å². The lowest BCUT2D eigenvalue weighted by molar-refractivity contribution is -0.264. The van der Waals surface area contributed by atoms with Gasteiger partial charge in [0.1, 0.15) is 17.3 Å². The first-order chi connectivity index (χ1) is 15.4. The predicted molar refractivity (Wildman–Crippen MR) is 121 cm³/mol. The number of likely N-dealkylation sites (tertiary alicyclic amines) is 1. The summed E-state index contributed by atoms with van der Waals surface area (Å²) >= 11 is 0. The summed E-state index contributed by atoms with van der Waals surface area (Å²) in [6.07, 6.45) is 3.46. The largest absolute Gasteiger partial charge is 0.369 e. The minimum atomic E-state index is -0.486. The van der Waals surface area contributed by atoms with Gasteiger partial charge < -0.3 is 20.4 Å². The predicted octanol–water partition coefficient (Wildman–Crippen LogP) is 3.08. The molecule has 7 nitrogen and oxygen atoms in total. The third-order valence-electron chi connectivity index (χ3n) is 7.15. The lowest BCUT2D eigenvalue weighted by Gasteiger charge is -2.59. The highest BCUT2D eigenvalue weighted by atomic mass is 16.5. The molecule has 0 aliphatic carbocycles. The zero-order valence-electron chi connectivity index (χ0n) is 18.6. The number of benzene rings is 1. The van der Waals surface area contributed by atoms with Gasteiger partial charge in [0, 0.05) is 42.7 Å². The second-order valence-corrected chi connectivity index (χ2v) is 9.16. The number of aromatic amines is 1. The van der Waals surface area contributed by atoms with Gasteiger partial charge in [-0.05, 0) is 42.2 Å². The lowest BCUT2D eigenvalue weighted by atomic mass is 9.65. The van der Waals surface area contributed by atoms with E-state index in [1.807, 2.05) is 11.0 Å². The van der Waals surface area contributed by atoms with Gasteiger partial charge in [-0.25, -0.2) is 4.98 Å². The first-order valence-electron chi connectivity index (χ1n) is 11.0. The molecule has 7 heteroatoms. The van der Waals surface area contributed by atoms with Gasteiger partial charge in [0.15, 0.2) is 0 Å². The Morgan fingerprint density at radius 3 is 2.84 bits per heavy atom. The van der Waals surface area contributed by atoms with E-state index in [0.717, 1.165) is 22.1 Å². The fourth-order valence-electron chi connectivity index (χ4n) is 5.61. The molecule has 0 bridgehead atoms. The Hall–Kier alpha value is -3.21. The summed E-state index contributed by atoms with van der Waals surface area (Å²) in [6, 6.07) is 10.1. The van der Waals surface area contributed by atoms with E-state index in [9.17, 15) is 10.1 Å². The van der Waals surface area contributed by atoms with Crippen LogP contribution in [0.3, 0.4) is 0 Å². The van der Waals surface area contributed by atoms with E-state index < -0.39 is 6.04 Å². The highest BCUT2D eigenvalue weighted by molar-refractivity contribution is 5.97. The van der Waals surface area contributed by atoms with Crippen LogP contribution in [-0.2, 0) is 15.1 Å². The summed E-state index contributed by atoms with van der Waals surface area (Å²) in [5.41, 5.74) is 11.1. The third-order valence-corrected chi connectivity index (χ3v) is 7.15. The maximum atomic E-state index is 12.5. The molecule has 0 radical (unpaired) electrons. The molecule has 2 fully saturated rings. The average molecular weight is 430 g/mol. The summed E-state index contributed by atoms with van der Waals surface area (Å²) in [5, 5.41) is 10.4. The number of nitrogens with two attached hydrogens (primary N) is 1. The van der Waals surface area contributed by atoms with Crippen LogP contribution in [0.15, 0.2) is 36.7 Å². The minimum Gasteiger partial charge on any atom is -0.369 e. The molecular weight excluding hydrogens is 402 g/mol. The first-order valence-corrected chi connectivity index (χ1v) is 11.0. The molecule has 2 aliphatic rings. The number of fused-ring (bicyclic) bond motifs is 2. The fraction of sp³-hybridized carbons (Fsp3) is 0.400. The van der Waals surface area contributed by atoms with Crippen molar-refractivity contribution < 1.29 is 9.53 Å². The molecule has 2 aromatic heterocycles. The van der Waals surface area contributed by atoms with E-state index in [-0.39, 0.29) is 23.3 Å². The van der Waals surface area contributed by atoms with E-state index in [1.165, 1.54) is 5.56 Å². The number of ether oxygens (including phenoxy) is 1. The number of pyridine rings is 1. The van der Waals surface area contributed by atoms with Gasteiger partial charge in [-0.15, -0.1) is 0 Å². The number of nitrogens with one attached hydrogen (secondary N) is 1. The third kappa shape index (κ3) is 2.87. The summed E-state index contributed by atoms with van der Waals surface area (Å²) in [6.45, 7) is 7.97. The Morgan fingerprint density at radius 2 is 2.22 bits per heavy atom. The fourth-order valence-corrected chi connectivity index (χ4v) is 5.61. The Kier molecular flexibility index (Phi) is 4.81. The first kappa shape index (κ1) is 20.7. The quantitative estimate of drug-likeness (QED) is 0.665. The number of aromatic nitrogens is 2. The molecule has 0 unspecified atom stereocenters. The molecule has 5 rings (SSSR count). The van der Waals surface area contributed by atoms with Crippen LogP contribution < -0.4 is 5.73 Å². The number of hydrogen-bond donors (Lipinski definition) is 2. The SMILES string of the molecule is Cc1cc(-c2ccnc3[nH]cc(C#N)c23)ccc1[C@]12OC[C@H]1CN(C(=O)[C@@H](C)N)C[C@H]2C. The average Bonchev–Trinajstić information content (AvgIpc) is 3.19. The van der Waals surface area contributed by atoms with Gasteiger partial charge in [0.25, 0.3) is 0 Å². The highest BCUT2D eigenvalue weighted by Gasteiger charge is 2.57. The molecular formula is C25H27N5O2. The zero-order valence-corrected chi connectivity index (χ0v) is 18.6. The number of H-pyrrole nitrogens is 1. The van der Waals surface area contributed by atoms with Crippen molar-refractivity contribution in [2.75, 3.05) is 19.7 Å². The van der Waals surface area contributed by atoms with Crippen molar-refractivity contribution in [2.24, 2.45) is 17.6 Å². The molecule has 3 N–H and O–H groups in total. The lowest BCUT2D eigenvalue weighted by Crippen LogP contribution is -2.66. The number of hydrogen-bond acceptors (Lipinski definition) is 5. The van der Waals surface area contributed by atoms with Crippen molar-refractivity contribution >= 4 is 16.9 Å². The number of carbonyl (C=O) groups is 1.